The van der Waals surface area contributed by atoms with E-state index in [0.717, 1.165) is 23.8 Å². The number of rotatable bonds is 4. The Kier molecular flexibility index (Phi) is 2.99. The van der Waals surface area contributed by atoms with Gasteiger partial charge in [0.15, 0.2) is 0 Å². The van der Waals surface area contributed by atoms with E-state index in [1.54, 1.807) is 10.9 Å². The van der Waals surface area contributed by atoms with Crippen LogP contribution in [0.15, 0.2) is 28.8 Å². The van der Waals surface area contributed by atoms with E-state index in [-0.39, 0.29) is 6.04 Å². The Hall–Kier alpha value is -1.71. The van der Waals surface area contributed by atoms with Gasteiger partial charge in [0.05, 0.1) is 12.2 Å². The lowest BCUT2D eigenvalue weighted by Gasteiger charge is -2.12. The van der Waals surface area contributed by atoms with Gasteiger partial charge in [-0.25, -0.2) is 0 Å². The maximum Gasteiger partial charge on any atom is 0.126 e. The van der Waals surface area contributed by atoms with Crippen LogP contribution in [0, 0.1) is 0 Å². The molecule has 1 N–H and O–H groups in total. The van der Waals surface area contributed by atoms with E-state index >= 15 is 0 Å². The average Bonchev–Trinajstić information content (AvgIpc) is 2.88. The molecule has 2 aromatic heterocycles. The van der Waals surface area contributed by atoms with Crippen molar-refractivity contribution in [1.29, 1.82) is 0 Å². The molecule has 0 aromatic carbocycles. The Bertz CT molecular complexity index is 458. The molecule has 4 nitrogen and oxygen atoms in total. The lowest BCUT2D eigenvalue weighted by Crippen LogP contribution is -2.09. The zero-order valence-electron chi connectivity index (χ0n) is 9.90. The van der Waals surface area contributed by atoms with Crippen LogP contribution in [0.4, 0.5) is 5.82 Å². The molecule has 1 unspecified atom stereocenters. The van der Waals surface area contributed by atoms with E-state index in [4.69, 9.17) is 4.42 Å². The standard InChI is InChI=1S/C12H17N3O/c1-4-10-5-6-11(16-10)9(2)14-12-7-8-13-15(12)3/h5-9,14H,4H2,1-3H3. The summed E-state index contributed by atoms with van der Waals surface area (Å²) in [6.45, 7) is 4.16. The predicted octanol–water partition coefficient (Wildman–Crippen LogP) is 2.75. The summed E-state index contributed by atoms with van der Waals surface area (Å²) in [5.74, 6) is 2.97. The molecule has 0 saturated carbocycles. The van der Waals surface area contributed by atoms with Crippen LogP contribution in [0.5, 0.6) is 0 Å². The highest BCUT2D eigenvalue weighted by atomic mass is 16.3. The van der Waals surface area contributed by atoms with E-state index < -0.39 is 0 Å². The maximum absolute atomic E-state index is 5.69. The Balaban J connectivity index is 2.08. The van der Waals surface area contributed by atoms with Gasteiger partial charge in [-0.2, -0.15) is 5.10 Å². The van der Waals surface area contributed by atoms with Crippen LogP contribution in [0.1, 0.15) is 31.4 Å². The third-order valence-electron chi connectivity index (χ3n) is 2.64. The fourth-order valence-electron chi connectivity index (χ4n) is 1.63. The molecular weight excluding hydrogens is 202 g/mol. The number of aromatic nitrogens is 2. The Morgan fingerprint density at radius 3 is 2.81 bits per heavy atom. The van der Waals surface area contributed by atoms with Gasteiger partial charge in [0.25, 0.3) is 0 Å². The summed E-state index contributed by atoms with van der Waals surface area (Å²) >= 11 is 0. The highest BCUT2D eigenvalue weighted by Gasteiger charge is 2.11. The molecule has 0 radical (unpaired) electrons. The molecular formula is C12H17N3O. The molecule has 2 heterocycles. The molecule has 2 aromatic rings. The molecule has 16 heavy (non-hydrogen) atoms. The zero-order valence-corrected chi connectivity index (χ0v) is 9.90. The molecule has 0 aliphatic heterocycles. The fourth-order valence-corrected chi connectivity index (χ4v) is 1.63. The van der Waals surface area contributed by atoms with Crippen molar-refractivity contribution < 1.29 is 4.42 Å². The van der Waals surface area contributed by atoms with Crippen molar-refractivity contribution in [1.82, 2.24) is 9.78 Å². The topological polar surface area (TPSA) is 43.0 Å². The first-order valence-corrected chi connectivity index (χ1v) is 5.54. The average molecular weight is 219 g/mol. The van der Waals surface area contributed by atoms with Crippen LogP contribution >= 0.6 is 0 Å². The minimum Gasteiger partial charge on any atom is -0.464 e. The first-order valence-electron chi connectivity index (χ1n) is 5.54. The molecule has 0 saturated heterocycles. The molecule has 0 fully saturated rings. The molecule has 0 amide bonds. The molecule has 0 bridgehead atoms. The number of nitrogens with zero attached hydrogens (tertiary/aromatic N) is 2. The summed E-state index contributed by atoms with van der Waals surface area (Å²) in [4.78, 5) is 0. The first-order chi connectivity index (χ1) is 7.70. The van der Waals surface area contributed by atoms with Crippen molar-refractivity contribution in [3.8, 4) is 0 Å². The summed E-state index contributed by atoms with van der Waals surface area (Å²) in [6, 6.07) is 6.14. The van der Waals surface area contributed by atoms with Gasteiger partial charge in [0, 0.05) is 19.5 Å². The highest BCUT2D eigenvalue weighted by molar-refractivity contribution is 5.36. The normalized spacial score (nSPS) is 12.7. The van der Waals surface area contributed by atoms with Crippen molar-refractivity contribution in [2.45, 2.75) is 26.3 Å². The minimum absolute atomic E-state index is 0.149. The maximum atomic E-state index is 5.69. The first kappa shape index (κ1) is 10.8. The minimum atomic E-state index is 0.149. The number of anilines is 1. The largest absolute Gasteiger partial charge is 0.464 e. The van der Waals surface area contributed by atoms with Crippen molar-refractivity contribution in [3.63, 3.8) is 0 Å². The summed E-state index contributed by atoms with van der Waals surface area (Å²) < 4.78 is 7.50. The number of hydrogen-bond donors (Lipinski definition) is 1. The van der Waals surface area contributed by atoms with Gasteiger partial charge >= 0.3 is 0 Å². The monoisotopic (exact) mass is 219 g/mol. The summed E-state index contributed by atoms with van der Waals surface area (Å²) in [7, 11) is 1.91. The van der Waals surface area contributed by atoms with E-state index in [1.807, 2.05) is 25.2 Å². The van der Waals surface area contributed by atoms with E-state index in [0.29, 0.717) is 0 Å². The third-order valence-corrected chi connectivity index (χ3v) is 2.64. The van der Waals surface area contributed by atoms with Crippen LogP contribution in [0.25, 0.3) is 0 Å². The van der Waals surface area contributed by atoms with E-state index in [2.05, 4.69) is 24.3 Å². The van der Waals surface area contributed by atoms with Gasteiger partial charge in [-0.15, -0.1) is 0 Å². The van der Waals surface area contributed by atoms with E-state index in [1.165, 1.54) is 0 Å². The zero-order chi connectivity index (χ0) is 11.5. The lowest BCUT2D eigenvalue weighted by atomic mass is 10.2. The van der Waals surface area contributed by atoms with Crippen LogP contribution < -0.4 is 5.32 Å². The van der Waals surface area contributed by atoms with Gasteiger partial charge in [-0.1, -0.05) is 6.92 Å². The second-order valence-electron chi connectivity index (χ2n) is 3.86. The van der Waals surface area contributed by atoms with Crippen LogP contribution in [-0.2, 0) is 13.5 Å². The molecule has 1 atom stereocenters. The molecule has 2 rings (SSSR count). The van der Waals surface area contributed by atoms with Gasteiger partial charge in [0.2, 0.25) is 0 Å². The van der Waals surface area contributed by atoms with E-state index in [9.17, 15) is 0 Å². The molecule has 0 spiro atoms. The molecule has 86 valence electrons. The van der Waals surface area contributed by atoms with Crippen molar-refractivity contribution in [3.05, 3.63) is 35.9 Å². The lowest BCUT2D eigenvalue weighted by molar-refractivity contribution is 0.453. The highest BCUT2D eigenvalue weighted by Crippen LogP contribution is 2.20. The molecule has 0 aliphatic carbocycles. The summed E-state index contributed by atoms with van der Waals surface area (Å²) in [6.07, 6.45) is 2.70. The number of hydrogen-bond acceptors (Lipinski definition) is 3. The van der Waals surface area contributed by atoms with Crippen LogP contribution in [0.3, 0.4) is 0 Å². The number of nitrogens with one attached hydrogen (secondary N) is 1. The second kappa shape index (κ2) is 4.43. The Morgan fingerprint density at radius 1 is 1.44 bits per heavy atom. The number of furan rings is 1. The quantitative estimate of drug-likeness (QED) is 0.859. The fraction of sp³-hybridized carbons (Fsp3) is 0.417. The van der Waals surface area contributed by atoms with Crippen molar-refractivity contribution in [2.75, 3.05) is 5.32 Å². The third kappa shape index (κ3) is 2.10. The number of aryl methyl sites for hydroxylation is 2. The summed E-state index contributed by atoms with van der Waals surface area (Å²) in [5, 5.41) is 7.46. The molecule has 0 aliphatic rings. The smallest absolute Gasteiger partial charge is 0.126 e. The Labute approximate surface area is 95.3 Å². The second-order valence-corrected chi connectivity index (χ2v) is 3.86. The SMILES string of the molecule is CCc1ccc(C(C)Nc2ccnn2C)o1. The van der Waals surface area contributed by atoms with Gasteiger partial charge in [0.1, 0.15) is 17.3 Å². The van der Waals surface area contributed by atoms with Gasteiger partial charge in [-0.05, 0) is 19.1 Å². The predicted molar refractivity (Wildman–Crippen MR) is 63.3 cm³/mol. The van der Waals surface area contributed by atoms with Crippen LogP contribution in [0.2, 0.25) is 0 Å². The van der Waals surface area contributed by atoms with Crippen LogP contribution in [-0.4, -0.2) is 9.78 Å². The Morgan fingerprint density at radius 2 is 2.25 bits per heavy atom. The van der Waals surface area contributed by atoms with Crippen molar-refractivity contribution in [2.24, 2.45) is 7.05 Å². The van der Waals surface area contributed by atoms with Crippen molar-refractivity contribution >= 4 is 5.82 Å². The molecule has 4 heteroatoms. The van der Waals surface area contributed by atoms with Gasteiger partial charge < -0.3 is 9.73 Å². The summed E-state index contributed by atoms with van der Waals surface area (Å²) in [5.41, 5.74) is 0. The van der Waals surface area contributed by atoms with Gasteiger partial charge in [-0.3, -0.25) is 4.68 Å².